The van der Waals surface area contributed by atoms with Gasteiger partial charge in [-0.1, -0.05) is 0 Å². The average Bonchev–Trinajstić information content (AvgIpc) is 2.93. The normalized spacial score (nSPS) is 11.8. The molecule has 0 unspecified atom stereocenters. The molecule has 1 heterocycles. The molecule has 0 spiro atoms. The van der Waals surface area contributed by atoms with Crippen LogP contribution in [-0.2, 0) is 17.0 Å². The SMILES string of the molecule is COCCNC(=C[N+](=O)[O-])NCCSCc1ccc(CN(C)C)s1. The van der Waals surface area contributed by atoms with Crippen molar-refractivity contribution in [3.05, 3.63) is 44.0 Å². The Morgan fingerprint density at radius 2 is 2.08 bits per heavy atom. The van der Waals surface area contributed by atoms with Gasteiger partial charge < -0.3 is 20.3 Å². The summed E-state index contributed by atoms with van der Waals surface area (Å²) in [5, 5.41) is 16.6. The second-order valence-electron chi connectivity index (χ2n) is 5.33. The Hall–Kier alpha value is -1.29. The molecule has 136 valence electrons. The summed E-state index contributed by atoms with van der Waals surface area (Å²) in [5.41, 5.74) is 0. The number of hydrogen-bond donors (Lipinski definition) is 2. The molecule has 0 aliphatic heterocycles. The summed E-state index contributed by atoms with van der Waals surface area (Å²) in [7, 11) is 5.73. The van der Waals surface area contributed by atoms with Gasteiger partial charge in [0.15, 0.2) is 5.82 Å². The molecule has 0 aromatic carbocycles. The molecule has 0 saturated heterocycles. The zero-order chi connectivity index (χ0) is 17.8. The van der Waals surface area contributed by atoms with E-state index in [0.29, 0.717) is 25.5 Å². The minimum atomic E-state index is -0.465. The maximum absolute atomic E-state index is 10.6. The van der Waals surface area contributed by atoms with E-state index in [1.807, 2.05) is 23.1 Å². The number of thiophene rings is 1. The summed E-state index contributed by atoms with van der Waals surface area (Å²) in [5.74, 6) is 2.26. The van der Waals surface area contributed by atoms with E-state index >= 15 is 0 Å². The van der Waals surface area contributed by atoms with Crippen molar-refractivity contribution in [2.75, 3.05) is 46.7 Å². The number of methoxy groups -OCH3 is 1. The first-order valence-corrected chi connectivity index (χ1v) is 9.60. The van der Waals surface area contributed by atoms with Crippen molar-refractivity contribution in [3.8, 4) is 0 Å². The monoisotopic (exact) mass is 374 g/mol. The van der Waals surface area contributed by atoms with E-state index in [-0.39, 0.29) is 0 Å². The lowest BCUT2D eigenvalue weighted by atomic mass is 10.4. The van der Waals surface area contributed by atoms with Gasteiger partial charge in [0, 0.05) is 48.0 Å². The topological polar surface area (TPSA) is 79.7 Å². The first-order chi connectivity index (χ1) is 11.5. The molecule has 0 bridgehead atoms. The Bertz CT molecular complexity index is 521. The first-order valence-electron chi connectivity index (χ1n) is 7.63. The molecular formula is C15H26N4O3S2. The molecule has 2 N–H and O–H groups in total. The fourth-order valence-corrected chi connectivity index (χ4v) is 3.98. The van der Waals surface area contributed by atoms with Gasteiger partial charge in [-0.2, -0.15) is 11.8 Å². The van der Waals surface area contributed by atoms with Gasteiger partial charge in [0.2, 0.25) is 0 Å². The van der Waals surface area contributed by atoms with Crippen LogP contribution in [0.25, 0.3) is 0 Å². The second-order valence-corrected chi connectivity index (χ2v) is 7.69. The van der Waals surface area contributed by atoms with E-state index in [2.05, 4.69) is 41.8 Å². The maximum Gasteiger partial charge on any atom is 0.274 e. The van der Waals surface area contributed by atoms with Gasteiger partial charge in [0.25, 0.3) is 6.20 Å². The minimum Gasteiger partial charge on any atom is -0.383 e. The Morgan fingerprint density at radius 3 is 2.75 bits per heavy atom. The smallest absolute Gasteiger partial charge is 0.274 e. The molecule has 0 saturated carbocycles. The van der Waals surface area contributed by atoms with Crippen molar-refractivity contribution in [1.82, 2.24) is 15.5 Å². The van der Waals surface area contributed by atoms with Crippen molar-refractivity contribution in [2.45, 2.75) is 12.3 Å². The van der Waals surface area contributed by atoms with Crippen LogP contribution in [0.5, 0.6) is 0 Å². The van der Waals surface area contributed by atoms with Crippen LogP contribution in [0.15, 0.2) is 24.2 Å². The lowest BCUT2D eigenvalue weighted by Gasteiger charge is -2.10. The zero-order valence-electron chi connectivity index (χ0n) is 14.4. The molecule has 9 heteroatoms. The Labute approximate surface area is 151 Å². The van der Waals surface area contributed by atoms with E-state index in [1.54, 1.807) is 7.11 Å². The fraction of sp³-hybridized carbons (Fsp3) is 0.600. The third-order valence-electron chi connectivity index (χ3n) is 2.85. The maximum atomic E-state index is 10.6. The highest BCUT2D eigenvalue weighted by Gasteiger charge is 2.04. The van der Waals surface area contributed by atoms with E-state index in [0.717, 1.165) is 24.3 Å². The first kappa shape index (κ1) is 20.8. The summed E-state index contributed by atoms with van der Waals surface area (Å²) < 4.78 is 4.92. The van der Waals surface area contributed by atoms with Crippen LogP contribution in [0, 0.1) is 10.1 Å². The van der Waals surface area contributed by atoms with Gasteiger partial charge in [-0.25, -0.2) is 0 Å². The predicted octanol–water partition coefficient (Wildman–Crippen LogP) is 1.94. The van der Waals surface area contributed by atoms with Crippen LogP contribution in [0.2, 0.25) is 0 Å². The van der Waals surface area contributed by atoms with Crippen molar-refractivity contribution < 1.29 is 9.66 Å². The summed E-state index contributed by atoms with van der Waals surface area (Å²) in [6, 6.07) is 4.35. The number of nitrogens with one attached hydrogen (secondary N) is 2. The lowest BCUT2D eigenvalue weighted by Crippen LogP contribution is -2.31. The highest BCUT2D eigenvalue weighted by atomic mass is 32.2. The van der Waals surface area contributed by atoms with Crippen LogP contribution in [0.1, 0.15) is 9.75 Å². The van der Waals surface area contributed by atoms with Crippen LogP contribution in [-0.4, -0.2) is 56.5 Å². The molecule has 1 aromatic heterocycles. The Morgan fingerprint density at radius 1 is 1.38 bits per heavy atom. The van der Waals surface area contributed by atoms with Crippen LogP contribution in [0.4, 0.5) is 0 Å². The van der Waals surface area contributed by atoms with Gasteiger partial charge in [-0.05, 0) is 26.2 Å². The van der Waals surface area contributed by atoms with E-state index in [4.69, 9.17) is 4.74 Å². The average molecular weight is 375 g/mol. The summed E-state index contributed by atoms with van der Waals surface area (Å²) in [4.78, 5) is 15.0. The van der Waals surface area contributed by atoms with Crippen LogP contribution < -0.4 is 10.6 Å². The van der Waals surface area contributed by atoms with Gasteiger partial charge in [-0.3, -0.25) is 10.1 Å². The molecule has 0 aliphatic carbocycles. The van der Waals surface area contributed by atoms with E-state index in [1.165, 1.54) is 9.75 Å². The largest absolute Gasteiger partial charge is 0.383 e. The number of thioether (sulfide) groups is 1. The quantitative estimate of drug-likeness (QED) is 0.310. The minimum absolute atomic E-state index is 0.419. The highest BCUT2D eigenvalue weighted by Crippen LogP contribution is 2.22. The summed E-state index contributed by atoms with van der Waals surface area (Å²) in [6.45, 7) is 2.67. The molecule has 0 atom stereocenters. The molecule has 7 nitrogen and oxygen atoms in total. The molecule has 1 rings (SSSR count). The Kier molecular flexibility index (Phi) is 10.5. The molecule has 0 aliphatic rings. The predicted molar refractivity (Wildman–Crippen MR) is 101 cm³/mol. The fourth-order valence-electron chi connectivity index (χ4n) is 1.87. The van der Waals surface area contributed by atoms with Crippen LogP contribution in [0.3, 0.4) is 0 Å². The third-order valence-corrected chi connectivity index (χ3v) is 5.11. The summed E-state index contributed by atoms with van der Waals surface area (Å²) in [6.07, 6.45) is 0.952. The number of nitrogens with zero attached hydrogens (tertiary/aromatic N) is 2. The molecule has 24 heavy (non-hydrogen) atoms. The van der Waals surface area contributed by atoms with Crippen molar-refractivity contribution in [1.29, 1.82) is 0 Å². The van der Waals surface area contributed by atoms with Gasteiger partial charge in [-0.15, -0.1) is 11.3 Å². The van der Waals surface area contributed by atoms with Gasteiger partial charge >= 0.3 is 0 Å². The highest BCUT2D eigenvalue weighted by molar-refractivity contribution is 7.98. The molecule has 0 fully saturated rings. The second kappa shape index (κ2) is 12.1. The molecular weight excluding hydrogens is 348 g/mol. The van der Waals surface area contributed by atoms with Crippen molar-refractivity contribution in [2.24, 2.45) is 0 Å². The number of hydrogen-bond acceptors (Lipinski definition) is 8. The molecule has 0 amide bonds. The standard InChI is InChI=1S/C15H26N4O3S2/c1-18(2)10-13-4-5-14(24-13)12-23-9-7-17-15(11-19(20)21)16-6-8-22-3/h4-5,11,16-17H,6-10,12H2,1-3H3. The molecule has 0 radical (unpaired) electrons. The van der Waals surface area contributed by atoms with Gasteiger partial charge in [0.05, 0.1) is 11.5 Å². The van der Waals surface area contributed by atoms with E-state index in [9.17, 15) is 10.1 Å². The van der Waals surface area contributed by atoms with Gasteiger partial charge in [0.1, 0.15) is 0 Å². The van der Waals surface area contributed by atoms with Crippen molar-refractivity contribution in [3.63, 3.8) is 0 Å². The Balaban J connectivity index is 2.25. The summed E-state index contributed by atoms with van der Waals surface area (Å²) >= 11 is 3.65. The van der Waals surface area contributed by atoms with Crippen LogP contribution >= 0.6 is 23.1 Å². The lowest BCUT2D eigenvalue weighted by molar-refractivity contribution is -0.404. The van der Waals surface area contributed by atoms with Crippen molar-refractivity contribution >= 4 is 23.1 Å². The third kappa shape index (κ3) is 9.76. The molecule has 1 aromatic rings. The number of ether oxygens (including phenoxy) is 1. The zero-order valence-corrected chi connectivity index (χ0v) is 16.0. The van der Waals surface area contributed by atoms with E-state index < -0.39 is 4.92 Å². The number of nitro groups is 1. The number of rotatable bonds is 13.